The molecule has 2 unspecified atom stereocenters. The van der Waals surface area contributed by atoms with Crippen LogP contribution in [0, 0.1) is 5.92 Å². The van der Waals surface area contributed by atoms with Gasteiger partial charge in [0, 0.05) is 19.0 Å². The van der Waals surface area contributed by atoms with Gasteiger partial charge >= 0.3 is 24.2 Å². The second kappa shape index (κ2) is 8.76. The van der Waals surface area contributed by atoms with Crippen molar-refractivity contribution in [3.05, 3.63) is 34.9 Å². The predicted octanol–water partition coefficient (Wildman–Crippen LogP) is 4.31. The second-order valence-electron chi connectivity index (χ2n) is 8.66. The van der Waals surface area contributed by atoms with Gasteiger partial charge in [-0.3, -0.25) is 4.79 Å². The third-order valence-electron chi connectivity index (χ3n) is 4.64. The summed E-state index contributed by atoms with van der Waals surface area (Å²) >= 11 is 0. The van der Waals surface area contributed by atoms with E-state index in [1.54, 1.807) is 20.8 Å². The standard InChI is InChI=1S/C21H26F3NO6/c1-11(2)30-18(28)16-12(7-6-8-15(16)21(22,23)24)13-9-25(10-14(13)17(26)27)19(29)31-20(3,4)5/h6-8,11,13-14H,9-10H2,1-5H3,(H,26,27). The fourth-order valence-corrected chi connectivity index (χ4v) is 3.46. The number of hydrogen-bond donors (Lipinski definition) is 1. The van der Waals surface area contributed by atoms with Crippen LogP contribution >= 0.6 is 0 Å². The fourth-order valence-electron chi connectivity index (χ4n) is 3.46. The Morgan fingerprint density at radius 2 is 1.74 bits per heavy atom. The molecule has 1 aromatic carbocycles. The lowest BCUT2D eigenvalue weighted by molar-refractivity contribution is -0.141. The number of rotatable bonds is 4. The summed E-state index contributed by atoms with van der Waals surface area (Å²) in [6.07, 6.45) is -6.32. The van der Waals surface area contributed by atoms with Crippen LogP contribution in [0.15, 0.2) is 18.2 Å². The van der Waals surface area contributed by atoms with Crippen LogP contribution < -0.4 is 0 Å². The van der Waals surface area contributed by atoms with E-state index in [9.17, 15) is 32.7 Å². The summed E-state index contributed by atoms with van der Waals surface area (Å²) in [6.45, 7) is 7.43. The minimum absolute atomic E-state index is 0.126. The molecule has 1 N–H and O–H groups in total. The smallest absolute Gasteiger partial charge is 0.417 e. The van der Waals surface area contributed by atoms with Crippen molar-refractivity contribution in [2.24, 2.45) is 5.92 Å². The zero-order valence-electron chi connectivity index (χ0n) is 17.9. The average molecular weight is 445 g/mol. The third kappa shape index (κ3) is 5.89. The molecule has 1 amide bonds. The Bertz CT molecular complexity index is 860. The molecular formula is C21H26F3NO6. The van der Waals surface area contributed by atoms with E-state index in [0.29, 0.717) is 0 Å². The van der Waals surface area contributed by atoms with E-state index < -0.39 is 58.9 Å². The Kier molecular flexibility index (Phi) is 6.92. The third-order valence-corrected chi connectivity index (χ3v) is 4.64. The molecule has 172 valence electrons. The van der Waals surface area contributed by atoms with Crippen molar-refractivity contribution >= 4 is 18.0 Å². The number of nitrogens with zero attached hydrogens (tertiary/aromatic N) is 1. The number of hydrogen-bond acceptors (Lipinski definition) is 5. The van der Waals surface area contributed by atoms with Gasteiger partial charge in [0.2, 0.25) is 0 Å². The van der Waals surface area contributed by atoms with Gasteiger partial charge in [-0.1, -0.05) is 12.1 Å². The molecule has 7 nitrogen and oxygen atoms in total. The van der Waals surface area contributed by atoms with Crippen LogP contribution in [-0.2, 0) is 20.4 Å². The maximum absolute atomic E-state index is 13.7. The lowest BCUT2D eigenvalue weighted by Crippen LogP contribution is -2.36. The molecule has 31 heavy (non-hydrogen) atoms. The van der Waals surface area contributed by atoms with Crippen LogP contribution in [0.3, 0.4) is 0 Å². The first kappa shape index (κ1) is 24.5. The molecule has 0 bridgehead atoms. The number of amides is 1. The molecule has 0 saturated carbocycles. The van der Waals surface area contributed by atoms with Gasteiger partial charge in [0.15, 0.2) is 0 Å². The summed E-state index contributed by atoms with van der Waals surface area (Å²) in [6, 6.07) is 3.13. The normalized spacial score (nSPS) is 19.5. The minimum Gasteiger partial charge on any atom is -0.481 e. The summed E-state index contributed by atoms with van der Waals surface area (Å²) in [5.74, 6) is -4.77. The molecule has 10 heteroatoms. The topological polar surface area (TPSA) is 93.1 Å². The predicted molar refractivity (Wildman–Crippen MR) is 104 cm³/mol. The maximum atomic E-state index is 13.7. The van der Waals surface area contributed by atoms with Crippen molar-refractivity contribution < 1.29 is 42.1 Å². The van der Waals surface area contributed by atoms with E-state index in [0.717, 1.165) is 17.0 Å². The molecule has 1 aliphatic rings. The van der Waals surface area contributed by atoms with Gasteiger partial charge in [0.1, 0.15) is 5.60 Å². The minimum atomic E-state index is -4.86. The summed E-state index contributed by atoms with van der Waals surface area (Å²) < 4.78 is 51.2. The highest BCUT2D eigenvalue weighted by Crippen LogP contribution is 2.40. The van der Waals surface area contributed by atoms with Gasteiger partial charge in [-0.05, 0) is 46.2 Å². The number of benzene rings is 1. The molecule has 0 aliphatic carbocycles. The maximum Gasteiger partial charge on any atom is 0.417 e. The van der Waals surface area contributed by atoms with Crippen molar-refractivity contribution in [2.75, 3.05) is 13.1 Å². The highest BCUT2D eigenvalue weighted by atomic mass is 19.4. The van der Waals surface area contributed by atoms with Crippen molar-refractivity contribution in [3.8, 4) is 0 Å². The highest BCUT2D eigenvalue weighted by molar-refractivity contribution is 5.94. The van der Waals surface area contributed by atoms with Gasteiger partial charge < -0.3 is 19.5 Å². The molecule has 1 aromatic rings. The number of carbonyl (C=O) groups is 3. The molecule has 0 aromatic heterocycles. The quantitative estimate of drug-likeness (QED) is 0.695. The Hall–Kier alpha value is -2.78. The van der Waals surface area contributed by atoms with Crippen LogP contribution in [0.2, 0.25) is 0 Å². The van der Waals surface area contributed by atoms with Gasteiger partial charge in [-0.15, -0.1) is 0 Å². The average Bonchev–Trinajstić information content (AvgIpc) is 3.04. The molecule has 2 atom stereocenters. The number of esters is 1. The summed E-state index contributed by atoms with van der Waals surface area (Å²) in [7, 11) is 0. The fraction of sp³-hybridized carbons (Fsp3) is 0.571. The zero-order chi connectivity index (χ0) is 23.7. The second-order valence-corrected chi connectivity index (χ2v) is 8.66. The lowest BCUT2D eigenvalue weighted by Gasteiger charge is -2.25. The largest absolute Gasteiger partial charge is 0.481 e. The van der Waals surface area contributed by atoms with Crippen LogP contribution in [0.25, 0.3) is 0 Å². The molecule has 2 rings (SSSR count). The van der Waals surface area contributed by atoms with Crippen molar-refractivity contribution in [2.45, 2.75) is 58.4 Å². The van der Waals surface area contributed by atoms with E-state index in [-0.39, 0.29) is 18.7 Å². The van der Waals surface area contributed by atoms with E-state index in [1.807, 2.05) is 0 Å². The Morgan fingerprint density at radius 1 is 1.13 bits per heavy atom. The molecule has 0 radical (unpaired) electrons. The van der Waals surface area contributed by atoms with Gasteiger partial charge in [0.25, 0.3) is 0 Å². The van der Waals surface area contributed by atoms with Crippen molar-refractivity contribution in [1.29, 1.82) is 0 Å². The number of likely N-dealkylation sites (tertiary alicyclic amines) is 1. The Labute approximate surface area is 178 Å². The highest BCUT2D eigenvalue weighted by Gasteiger charge is 2.45. The molecule has 1 fully saturated rings. The first-order valence-corrected chi connectivity index (χ1v) is 9.73. The number of carboxylic acids is 1. The van der Waals surface area contributed by atoms with Crippen LogP contribution in [0.5, 0.6) is 0 Å². The molecule has 1 aliphatic heterocycles. The SMILES string of the molecule is CC(C)OC(=O)c1c(C2CN(C(=O)OC(C)(C)C)CC2C(=O)O)cccc1C(F)(F)F. The first-order valence-electron chi connectivity index (χ1n) is 9.73. The van der Waals surface area contributed by atoms with Crippen LogP contribution in [0.4, 0.5) is 18.0 Å². The number of carbonyl (C=O) groups excluding carboxylic acids is 2. The molecular weight excluding hydrogens is 419 g/mol. The summed E-state index contributed by atoms with van der Waals surface area (Å²) in [5.41, 5.74) is -2.91. The van der Waals surface area contributed by atoms with Gasteiger partial charge in [-0.2, -0.15) is 13.2 Å². The van der Waals surface area contributed by atoms with Crippen LogP contribution in [-0.4, -0.2) is 52.8 Å². The van der Waals surface area contributed by atoms with Crippen molar-refractivity contribution in [3.63, 3.8) is 0 Å². The zero-order valence-corrected chi connectivity index (χ0v) is 17.9. The summed E-state index contributed by atoms with van der Waals surface area (Å²) in [5, 5.41) is 9.66. The number of ether oxygens (including phenoxy) is 2. The van der Waals surface area contributed by atoms with E-state index in [2.05, 4.69) is 0 Å². The van der Waals surface area contributed by atoms with Crippen LogP contribution in [0.1, 0.15) is 62.0 Å². The monoisotopic (exact) mass is 445 g/mol. The number of carboxylic acid groups (broad SMARTS) is 1. The summed E-state index contributed by atoms with van der Waals surface area (Å²) in [4.78, 5) is 38.0. The first-order chi connectivity index (χ1) is 14.1. The van der Waals surface area contributed by atoms with Gasteiger partial charge in [0.05, 0.1) is 23.1 Å². The van der Waals surface area contributed by atoms with Gasteiger partial charge in [-0.25, -0.2) is 9.59 Å². The lowest BCUT2D eigenvalue weighted by atomic mass is 9.84. The molecule has 1 saturated heterocycles. The number of alkyl halides is 3. The van der Waals surface area contributed by atoms with E-state index in [4.69, 9.17) is 9.47 Å². The van der Waals surface area contributed by atoms with Crippen molar-refractivity contribution in [1.82, 2.24) is 4.90 Å². The van der Waals surface area contributed by atoms with E-state index in [1.165, 1.54) is 19.9 Å². The Balaban J connectivity index is 2.55. The van der Waals surface area contributed by atoms with E-state index >= 15 is 0 Å². The molecule has 0 spiro atoms. The Morgan fingerprint density at radius 3 is 2.23 bits per heavy atom. The molecule has 1 heterocycles. The number of aliphatic carboxylic acids is 1. The number of halogens is 3.